The SMILES string of the molecule is COc1cc(CN)cc(Oc2ncc(Br)c(OC)n2)c1. The van der Waals surface area contributed by atoms with E-state index in [4.69, 9.17) is 19.9 Å². The van der Waals surface area contributed by atoms with Crippen molar-refractivity contribution in [2.45, 2.75) is 6.54 Å². The van der Waals surface area contributed by atoms with Crippen LogP contribution in [0.15, 0.2) is 28.9 Å². The van der Waals surface area contributed by atoms with Crippen molar-refractivity contribution < 1.29 is 14.2 Å². The van der Waals surface area contributed by atoms with Crippen molar-refractivity contribution in [1.82, 2.24) is 9.97 Å². The first-order valence-corrected chi connectivity index (χ1v) is 6.58. The van der Waals surface area contributed by atoms with E-state index < -0.39 is 0 Å². The van der Waals surface area contributed by atoms with Gasteiger partial charge in [0.2, 0.25) is 5.88 Å². The van der Waals surface area contributed by atoms with Crippen LogP contribution < -0.4 is 19.9 Å². The van der Waals surface area contributed by atoms with Gasteiger partial charge in [-0.1, -0.05) is 0 Å². The Hall–Kier alpha value is -1.86. The number of benzene rings is 1. The highest BCUT2D eigenvalue weighted by Gasteiger charge is 2.08. The molecule has 6 nitrogen and oxygen atoms in total. The van der Waals surface area contributed by atoms with E-state index in [1.165, 1.54) is 7.11 Å². The Morgan fingerprint density at radius 1 is 1.15 bits per heavy atom. The van der Waals surface area contributed by atoms with Crippen LogP contribution in [0.5, 0.6) is 23.4 Å². The van der Waals surface area contributed by atoms with Crippen molar-refractivity contribution >= 4 is 15.9 Å². The number of hydrogen-bond donors (Lipinski definition) is 1. The maximum atomic E-state index is 5.63. The summed E-state index contributed by atoms with van der Waals surface area (Å²) in [6.07, 6.45) is 1.56. The molecule has 1 heterocycles. The average Bonchev–Trinajstić information content (AvgIpc) is 2.48. The first-order chi connectivity index (χ1) is 9.66. The molecule has 0 saturated carbocycles. The van der Waals surface area contributed by atoms with E-state index in [1.54, 1.807) is 25.4 Å². The predicted octanol–water partition coefficient (Wildman–Crippen LogP) is 2.51. The number of nitrogens with zero attached hydrogens (tertiary/aromatic N) is 2. The molecule has 0 amide bonds. The van der Waals surface area contributed by atoms with Crippen LogP contribution in [0.2, 0.25) is 0 Å². The fraction of sp³-hybridized carbons (Fsp3) is 0.231. The molecule has 0 bridgehead atoms. The van der Waals surface area contributed by atoms with Crippen LogP contribution in [0.25, 0.3) is 0 Å². The van der Waals surface area contributed by atoms with E-state index in [0.29, 0.717) is 28.4 Å². The topological polar surface area (TPSA) is 79.5 Å². The normalized spacial score (nSPS) is 10.2. The summed E-state index contributed by atoms with van der Waals surface area (Å²) in [4.78, 5) is 8.18. The summed E-state index contributed by atoms with van der Waals surface area (Å²) in [7, 11) is 3.10. The molecule has 0 saturated heterocycles. The zero-order chi connectivity index (χ0) is 14.5. The van der Waals surface area contributed by atoms with Gasteiger partial charge in [0.15, 0.2) is 0 Å². The molecule has 0 radical (unpaired) electrons. The molecule has 0 fully saturated rings. The second kappa shape index (κ2) is 6.53. The van der Waals surface area contributed by atoms with Crippen LogP contribution in [-0.2, 0) is 6.54 Å². The van der Waals surface area contributed by atoms with Crippen molar-refractivity contribution in [3.63, 3.8) is 0 Å². The van der Waals surface area contributed by atoms with Crippen molar-refractivity contribution in [2.75, 3.05) is 14.2 Å². The van der Waals surface area contributed by atoms with E-state index in [9.17, 15) is 0 Å². The molecule has 0 aliphatic rings. The number of halogens is 1. The Morgan fingerprint density at radius 2 is 1.90 bits per heavy atom. The highest BCUT2D eigenvalue weighted by Crippen LogP contribution is 2.28. The molecule has 0 atom stereocenters. The maximum absolute atomic E-state index is 5.63. The van der Waals surface area contributed by atoms with Crippen molar-refractivity contribution in [3.05, 3.63) is 34.4 Å². The van der Waals surface area contributed by atoms with Gasteiger partial charge in [0.1, 0.15) is 11.5 Å². The lowest BCUT2D eigenvalue weighted by Gasteiger charge is -2.09. The van der Waals surface area contributed by atoms with Gasteiger partial charge in [-0.2, -0.15) is 4.98 Å². The third kappa shape index (κ3) is 3.37. The number of aromatic nitrogens is 2. The minimum atomic E-state index is 0.182. The zero-order valence-electron chi connectivity index (χ0n) is 11.1. The Labute approximate surface area is 125 Å². The molecule has 0 spiro atoms. The molecule has 0 unspecified atom stereocenters. The van der Waals surface area contributed by atoms with Gasteiger partial charge in [-0.15, -0.1) is 0 Å². The van der Waals surface area contributed by atoms with E-state index in [-0.39, 0.29) is 6.01 Å². The number of rotatable bonds is 5. The Morgan fingerprint density at radius 3 is 2.55 bits per heavy atom. The molecular weight excluding hydrogens is 326 g/mol. The molecule has 1 aromatic heterocycles. The first kappa shape index (κ1) is 14.5. The van der Waals surface area contributed by atoms with Gasteiger partial charge in [-0.05, 0) is 33.6 Å². The van der Waals surface area contributed by atoms with E-state index >= 15 is 0 Å². The van der Waals surface area contributed by atoms with Crippen LogP contribution in [0, 0.1) is 0 Å². The summed E-state index contributed by atoms with van der Waals surface area (Å²) < 4.78 is 16.5. The van der Waals surface area contributed by atoms with Crippen LogP contribution in [-0.4, -0.2) is 24.2 Å². The fourth-order valence-electron chi connectivity index (χ4n) is 1.56. The second-order valence-corrected chi connectivity index (χ2v) is 4.69. The third-order valence-electron chi connectivity index (χ3n) is 2.50. The summed E-state index contributed by atoms with van der Waals surface area (Å²) in [6.45, 7) is 0.387. The number of methoxy groups -OCH3 is 2. The highest BCUT2D eigenvalue weighted by atomic mass is 79.9. The highest BCUT2D eigenvalue weighted by molar-refractivity contribution is 9.10. The van der Waals surface area contributed by atoms with E-state index in [0.717, 1.165) is 5.56 Å². The lowest BCUT2D eigenvalue weighted by atomic mass is 10.2. The summed E-state index contributed by atoms with van der Waals surface area (Å²) in [5.41, 5.74) is 6.52. The molecule has 2 aromatic rings. The van der Waals surface area contributed by atoms with Gasteiger partial charge in [-0.25, -0.2) is 4.98 Å². The largest absolute Gasteiger partial charge is 0.497 e. The quantitative estimate of drug-likeness (QED) is 0.901. The monoisotopic (exact) mass is 339 g/mol. The summed E-state index contributed by atoms with van der Waals surface area (Å²) in [6, 6.07) is 5.56. The standard InChI is InChI=1S/C13H14BrN3O3/c1-18-9-3-8(6-15)4-10(5-9)20-13-16-7-11(14)12(17-13)19-2/h3-5,7H,6,15H2,1-2H3. The maximum Gasteiger partial charge on any atom is 0.325 e. The lowest BCUT2D eigenvalue weighted by Crippen LogP contribution is -1.99. The van der Waals surface area contributed by atoms with Crippen molar-refractivity contribution in [2.24, 2.45) is 5.73 Å². The van der Waals surface area contributed by atoms with Crippen LogP contribution >= 0.6 is 15.9 Å². The number of hydrogen-bond acceptors (Lipinski definition) is 6. The Balaban J connectivity index is 2.29. The van der Waals surface area contributed by atoms with Gasteiger partial charge < -0.3 is 19.9 Å². The van der Waals surface area contributed by atoms with E-state index in [1.807, 2.05) is 6.07 Å². The molecule has 0 aliphatic heterocycles. The van der Waals surface area contributed by atoms with E-state index in [2.05, 4.69) is 25.9 Å². The second-order valence-electron chi connectivity index (χ2n) is 3.83. The summed E-state index contributed by atoms with van der Waals surface area (Å²) in [5, 5.41) is 0. The Bertz CT molecular complexity index is 585. The minimum Gasteiger partial charge on any atom is -0.497 e. The van der Waals surface area contributed by atoms with Crippen LogP contribution in [0.4, 0.5) is 0 Å². The molecule has 20 heavy (non-hydrogen) atoms. The smallest absolute Gasteiger partial charge is 0.325 e. The number of ether oxygens (including phenoxy) is 3. The molecule has 0 aliphatic carbocycles. The van der Waals surface area contributed by atoms with Gasteiger partial charge in [-0.3, -0.25) is 0 Å². The minimum absolute atomic E-state index is 0.182. The van der Waals surface area contributed by atoms with Crippen molar-refractivity contribution in [1.29, 1.82) is 0 Å². The van der Waals surface area contributed by atoms with Crippen molar-refractivity contribution in [3.8, 4) is 23.4 Å². The molecule has 2 rings (SSSR count). The zero-order valence-corrected chi connectivity index (χ0v) is 12.7. The Kier molecular flexibility index (Phi) is 4.75. The first-order valence-electron chi connectivity index (χ1n) is 5.78. The van der Waals surface area contributed by atoms with Gasteiger partial charge in [0, 0.05) is 12.6 Å². The summed E-state index contributed by atoms with van der Waals surface area (Å²) >= 11 is 3.28. The molecular formula is C13H14BrN3O3. The molecule has 1 aromatic carbocycles. The number of nitrogens with two attached hydrogens (primary N) is 1. The average molecular weight is 340 g/mol. The van der Waals surface area contributed by atoms with Gasteiger partial charge >= 0.3 is 6.01 Å². The van der Waals surface area contributed by atoms with Gasteiger partial charge in [0.05, 0.1) is 24.9 Å². The molecule has 7 heteroatoms. The predicted molar refractivity (Wildman–Crippen MR) is 77.2 cm³/mol. The lowest BCUT2D eigenvalue weighted by molar-refractivity contribution is 0.371. The van der Waals surface area contributed by atoms with Crippen LogP contribution in [0.1, 0.15) is 5.56 Å². The third-order valence-corrected chi connectivity index (χ3v) is 3.05. The van der Waals surface area contributed by atoms with Gasteiger partial charge in [0.25, 0.3) is 0 Å². The van der Waals surface area contributed by atoms with Crippen LogP contribution in [0.3, 0.4) is 0 Å². The molecule has 106 valence electrons. The fourth-order valence-corrected chi connectivity index (χ4v) is 1.91. The summed E-state index contributed by atoms with van der Waals surface area (Å²) in [5.74, 6) is 1.61. The molecule has 2 N–H and O–H groups in total.